The van der Waals surface area contributed by atoms with Crippen LogP contribution in [-0.2, 0) is 19.7 Å². The second kappa shape index (κ2) is 13.4. The standard InChI is InChI=1S/C24H33N3O3.HI/c1-3-25-24(26-15-18-8-4-5-9-20(18)17-28)27-16-19-12-13-22(29-2)14-23(19)30-21-10-6-7-11-21;/h4-5,8-9,12-14,21,28H,3,6-7,10-11,15-17H2,1-2H3,(H2,25,26,27);1H. The minimum atomic E-state index is 0. The average Bonchev–Trinajstić information content (AvgIpc) is 3.29. The molecule has 0 radical (unpaired) electrons. The summed E-state index contributed by atoms with van der Waals surface area (Å²) in [4.78, 5) is 4.76. The lowest BCUT2D eigenvalue weighted by Crippen LogP contribution is -2.37. The Labute approximate surface area is 202 Å². The summed E-state index contributed by atoms with van der Waals surface area (Å²) < 4.78 is 11.7. The van der Waals surface area contributed by atoms with Crippen LogP contribution in [0.4, 0.5) is 0 Å². The molecule has 0 bridgehead atoms. The molecule has 31 heavy (non-hydrogen) atoms. The van der Waals surface area contributed by atoms with Gasteiger partial charge in [-0.1, -0.05) is 24.3 Å². The van der Waals surface area contributed by atoms with Crippen LogP contribution in [0.2, 0.25) is 0 Å². The van der Waals surface area contributed by atoms with E-state index < -0.39 is 0 Å². The minimum absolute atomic E-state index is 0. The number of nitrogens with one attached hydrogen (secondary N) is 2. The van der Waals surface area contributed by atoms with Crippen molar-refractivity contribution in [3.05, 3.63) is 59.2 Å². The summed E-state index contributed by atoms with van der Waals surface area (Å²) >= 11 is 0. The highest BCUT2D eigenvalue weighted by atomic mass is 127. The number of hydrogen-bond acceptors (Lipinski definition) is 4. The maximum atomic E-state index is 9.53. The van der Waals surface area contributed by atoms with Gasteiger partial charge in [0.15, 0.2) is 5.96 Å². The Morgan fingerprint density at radius 3 is 2.48 bits per heavy atom. The zero-order valence-electron chi connectivity index (χ0n) is 18.4. The van der Waals surface area contributed by atoms with E-state index in [-0.39, 0.29) is 36.7 Å². The first-order valence-corrected chi connectivity index (χ1v) is 10.8. The van der Waals surface area contributed by atoms with Crippen molar-refractivity contribution in [3.8, 4) is 11.5 Å². The number of hydrogen-bond donors (Lipinski definition) is 3. The number of halogens is 1. The summed E-state index contributed by atoms with van der Waals surface area (Å²) in [5, 5.41) is 16.2. The van der Waals surface area contributed by atoms with Crippen molar-refractivity contribution in [2.75, 3.05) is 13.7 Å². The zero-order valence-corrected chi connectivity index (χ0v) is 20.7. The lowest BCUT2D eigenvalue weighted by Gasteiger charge is -2.17. The Kier molecular flexibility index (Phi) is 10.9. The van der Waals surface area contributed by atoms with Gasteiger partial charge in [-0.25, -0.2) is 4.99 Å². The van der Waals surface area contributed by atoms with Crippen LogP contribution < -0.4 is 20.1 Å². The van der Waals surface area contributed by atoms with Crippen molar-refractivity contribution in [1.29, 1.82) is 0 Å². The summed E-state index contributed by atoms with van der Waals surface area (Å²) in [5.74, 6) is 2.38. The van der Waals surface area contributed by atoms with Crippen molar-refractivity contribution < 1.29 is 14.6 Å². The molecule has 0 aromatic heterocycles. The Balaban J connectivity index is 0.00000341. The second-order valence-corrected chi connectivity index (χ2v) is 7.47. The molecule has 6 nitrogen and oxygen atoms in total. The number of methoxy groups -OCH3 is 1. The summed E-state index contributed by atoms with van der Waals surface area (Å²) in [6, 6.07) is 13.8. The van der Waals surface area contributed by atoms with Crippen LogP contribution in [0.3, 0.4) is 0 Å². The number of aliphatic imine (C=N–C) groups is 1. The molecule has 1 fully saturated rings. The molecule has 0 amide bonds. The van der Waals surface area contributed by atoms with Gasteiger partial charge in [0.25, 0.3) is 0 Å². The van der Waals surface area contributed by atoms with Crippen LogP contribution in [0.25, 0.3) is 0 Å². The van der Waals surface area contributed by atoms with Gasteiger partial charge in [-0.05, 0) is 55.9 Å². The van der Waals surface area contributed by atoms with Crippen molar-refractivity contribution in [1.82, 2.24) is 10.6 Å². The molecule has 3 rings (SSSR count). The second-order valence-electron chi connectivity index (χ2n) is 7.47. The van der Waals surface area contributed by atoms with Gasteiger partial charge in [0, 0.05) is 24.7 Å². The van der Waals surface area contributed by atoms with E-state index in [1.165, 1.54) is 12.8 Å². The molecule has 1 aliphatic rings. The Morgan fingerprint density at radius 1 is 1.06 bits per heavy atom. The van der Waals surface area contributed by atoms with Crippen molar-refractivity contribution in [2.45, 2.75) is 58.4 Å². The molecular weight excluding hydrogens is 505 g/mol. The number of nitrogens with zero attached hydrogens (tertiary/aromatic N) is 1. The van der Waals surface area contributed by atoms with Crippen LogP contribution in [0.15, 0.2) is 47.5 Å². The van der Waals surface area contributed by atoms with E-state index >= 15 is 0 Å². The lowest BCUT2D eigenvalue weighted by atomic mass is 10.1. The normalized spacial score (nSPS) is 14.1. The quantitative estimate of drug-likeness (QED) is 0.251. The summed E-state index contributed by atoms with van der Waals surface area (Å²) in [6.45, 7) is 3.93. The van der Waals surface area contributed by atoms with Crippen LogP contribution in [0.5, 0.6) is 11.5 Å². The van der Waals surface area contributed by atoms with Gasteiger partial charge in [-0.2, -0.15) is 0 Å². The molecule has 1 saturated carbocycles. The van der Waals surface area contributed by atoms with Gasteiger partial charge < -0.3 is 25.2 Å². The molecule has 2 aromatic carbocycles. The maximum Gasteiger partial charge on any atom is 0.191 e. The predicted octanol–water partition coefficient (Wildman–Crippen LogP) is 4.38. The summed E-state index contributed by atoms with van der Waals surface area (Å²) in [5.41, 5.74) is 3.01. The molecule has 170 valence electrons. The fraction of sp³-hybridized carbons (Fsp3) is 0.458. The third kappa shape index (κ3) is 7.57. The highest BCUT2D eigenvalue weighted by Gasteiger charge is 2.18. The summed E-state index contributed by atoms with van der Waals surface area (Å²) in [7, 11) is 1.67. The van der Waals surface area contributed by atoms with E-state index in [0.29, 0.717) is 13.1 Å². The predicted molar refractivity (Wildman–Crippen MR) is 135 cm³/mol. The minimum Gasteiger partial charge on any atom is -0.497 e. The number of rotatable bonds is 9. The van der Waals surface area contributed by atoms with Gasteiger partial charge in [-0.3, -0.25) is 0 Å². The smallest absolute Gasteiger partial charge is 0.191 e. The van der Waals surface area contributed by atoms with Crippen molar-refractivity contribution >= 4 is 29.9 Å². The summed E-state index contributed by atoms with van der Waals surface area (Å²) in [6.07, 6.45) is 4.95. The largest absolute Gasteiger partial charge is 0.497 e. The first-order chi connectivity index (χ1) is 14.7. The van der Waals surface area contributed by atoms with E-state index in [4.69, 9.17) is 14.5 Å². The van der Waals surface area contributed by atoms with E-state index in [9.17, 15) is 5.11 Å². The van der Waals surface area contributed by atoms with Gasteiger partial charge in [0.1, 0.15) is 11.5 Å². The topological polar surface area (TPSA) is 75.1 Å². The molecule has 0 aliphatic heterocycles. The van der Waals surface area contributed by atoms with Crippen LogP contribution in [0.1, 0.15) is 49.3 Å². The monoisotopic (exact) mass is 539 g/mol. The fourth-order valence-corrected chi connectivity index (χ4v) is 3.66. The number of aliphatic hydroxyl groups is 1. The molecule has 0 unspecified atom stereocenters. The van der Waals surface area contributed by atoms with Gasteiger partial charge >= 0.3 is 0 Å². The molecule has 0 saturated heterocycles. The highest BCUT2D eigenvalue weighted by Crippen LogP contribution is 2.30. The van der Waals surface area contributed by atoms with E-state index in [2.05, 4.69) is 10.6 Å². The molecule has 3 N–H and O–H groups in total. The van der Waals surface area contributed by atoms with E-state index in [1.807, 2.05) is 49.4 Å². The molecule has 0 heterocycles. The Morgan fingerprint density at radius 2 is 1.81 bits per heavy atom. The molecule has 0 spiro atoms. The van der Waals surface area contributed by atoms with Gasteiger partial charge in [-0.15, -0.1) is 24.0 Å². The number of ether oxygens (including phenoxy) is 2. The van der Waals surface area contributed by atoms with Crippen LogP contribution in [0, 0.1) is 0 Å². The third-order valence-corrected chi connectivity index (χ3v) is 5.36. The first kappa shape index (κ1) is 25.3. The van der Waals surface area contributed by atoms with E-state index in [1.54, 1.807) is 7.11 Å². The molecule has 7 heteroatoms. The average molecular weight is 539 g/mol. The Bertz CT molecular complexity index is 839. The number of aliphatic hydroxyl groups excluding tert-OH is 1. The van der Waals surface area contributed by atoms with Crippen molar-refractivity contribution in [2.24, 2.45) is 4.99 Å². The number of benzene rings is 2. The maximum absolute atomic E-state index is 9.53. The lowest BCUT2D eigenvalue weighted by molar-refractivity contribution is 0.207. The highest BCUT2D eigenvalue weighted by molar-refractivity contribution is 14.0. The molecule has 0 atom stereocenters. The zero-order chi connectivity index (χ0) is 21.2. The third-order valence-electron chi connectivity index (χ3n) is 5.36. The Hall–Kier alpha value is -2.00. The van der Waals surface area contributed by atoms with Crippen LogP contribution >= 0.6 is 24.0 Å². The van der Waals surface area contributed by atoms with E-state index in [0.717, 1.165) is 53.5 Å². The van der Waals surface area contributed by atoms with Gasteiger partial charge in [0.2, 0.25) is 0 Å². The van der Waals surface area contributed by atoms with Crippen LogP contribution in [-0.4, -0.2) is 30.8 Å². The number of guanidine groups is 1. The SMILES string of the molecule is CCNC(=NCc1ccc(OC)cc1OC1CCCC1)NCc1ccccc1CO.I. The van der Waals surface area contributed by atoms with Gasteiger partial charge in [0.05, 0.1) is 26.4 Å². The molecule has 1 aliphatic carbocycles. The fourth-order valence-electron chi connectivity index (χ4n) is 3.66. The first-order valence-electron chi connectivity index (χ1n) is 10.8. The molecule has 2 aromatic rings. The van der Waals surface area contributed by atoms with Crippen molar-refractivity contribution in [3.63, 3.8) is 0 Å². The molecular formula is C24H34IN3O3.